The van der Waals surface area contributed by atoms with Crippen LogP contribution in [0.2, 0.25) is 0 Å². The maximum atomic E-state index is 9.67. The van der Waals surface area contributed by atoms with Crippen LogP contribution in [0.4, 0.5) is 0 Å². The van der Waals surface area contributed by atoms with Crippen LogP contribution in [0.3, 0.4) is 0 Å². The van der Waals surface area contributed by atoms with Crippen molar-refractivity contribution in [3.63, 3.8) is 0 Å². The molecule has 17 heavy (non-hydrogen) atoms. The van der Waals surface area contributed by atoms with Crippen LogP contribution in [0.25, 0.3) is 0 Å². The van der Waals surface area contributed by atoms with Crippen molar-refractivity contribution in [3.05, 3.63) is 28.2 Å². The van der Waals surface area contributed by atoms with Gasteiger partial charge < -0.3 is 10.0 Å². The Morgan fingerprint density at radius 3 is 2.71 bits per heavy atom. The zero-order valence-electron chi connectivity index (χ0n) is 9.80. The molecule has 1 aromatic carbocycles. The highest BCUT2D eigenvalue weighted by atomic mass is 79.9. The van der Waals surface area contributed by atoms with Crippen molar-refractivity contribution in [1.29, 1.82) is 0 Å². The molecule has 4 nitrogen and oxygen atoms in total. The van der Waals surface area contributed by atoms with Crippen LogP contribution in [-0.4, -0.2) is 54.5 Å². The molecule has 0 saturated carbocycles. The summed E-state index contributed by atoms with van der Waals surface area (Å²) in [5.41, 5.74) is 0.735. The molecule has 1 aromatic rings. The Bertz CT molecular complexity index is 414. The summed E-state index contributed by atoms with van der Waals surface area (Å²) in [7, 11) is 2.11. The Kier molecular flexibility index (Phi) is 4.02. The van der Waals surface area contributed by atoms with E-state index in [0.29, 0.717) is 0 Å². The van der Waals surface area contributed by atoms with Gasteiger partial charge in [-0.3, -0.25) is 5.01 Å². The van der Waals surface area contributed by atoms with Crippen molar-refractivity contribution in [2.45, 2.75) is 0 Å². The standard InChI is InChI=1S/C12H16BrN3O/c1-15-4-6-16(7-5-15)14-9-10-8-11(13)2-3-12(10)17/h2-3,8-9,17H,4-7H2,1H3/b14-9+. The quantitative estimate of drug-likeness (QED) is 0.845. The Morgan fingerprint density at radius 1 is 1.29 bits per heavy atom. The van der Waals surface area contributed by atoms with Gasteiger partial charge in [-0.05, 0) is 25.2 Å². The van der Waals surface area contributed by atoms with E-state index in [0.717, 1.165) is 36.2 Å². The average Bonchev–Trinajstić information content (AvgIpc) is 2.32. The number of nitrogens with zero attached hydrogens (tertiary/aromatic N) is 3. The second-order valence-electron chi connectivity index (χ2n) is 4.20. The van der Waals surface area contributed by atoms with Crippen LogP contribution in [0.5, 0.6) is 5.75 Å². The van der Waals surface area contributed by atoms with Crippen LogP contribution in [0, 0.1) is 0 Å². The highest BCUT2D eigenvalue weighted by Crippen LogP contribution is 2.20. The number of hydrogen-bond acceptors (Lipinski definition) is 4. The van der Waals surface area contributed by atoms with Gasteiger partial charge in [-0.2, -0.15) is 5.10 Å². The second-order valence-corrected chi connectivity index (χ2v) is 5.12. The Labute approximate surface area is 110 Å². The third kappa shape index (κ3) is 3.44. The fourth-order valence-corrected chi connectivity index (χ4v) is 2.06. The van der Waals surface area contributed by atoms with E-state index in [1.165, 1.54) is 0 Å². The lowest BCUT2D eigenvalue weighted by atomic mass is 10.2. The van der Waals surface area contributed by atoms with Crippen molar-refractivity contribution in [3.8, 4) is 5.75 Å². The van der Waals surface area contributed by atoms with Gasteiger partial charge in [-0.15, -0.1) is 0 Å². The number of phenolic OH excluding ortho intramolecular Hbond substituents is 1. The lowest BCUT2D eigenvalue weighted by Gasteiger charge is -2.30. The zero-order chi connectivity index (χ0) is 12.3. The topological polar surface area (TPSA) is 39.1 Å². The SMILES string of the molecule is CN1CCN(/N=C/c2cc(Br)ccc2O)CC1. The lowest BCUT2D eigenvalue weighted by Crippen LogP contribution is -2.41. The molecule has 0 unspecified atom stereocenters. The van der Waals surface area contributed by atoms with Crippen molar-refractivity contribution in [1.82, 2.24) is 9.91 Å². The normalized spacial score (nSPS) is 17.9. The number of rotatable bonds is 2. The minimum Gasteiger partial charge on any atom is -0.507 e. The smallest absolute Gasteiger partial charge is 0.124 e. The van der Waals surface area contributed by atoms with Crippen LogP contribution in [0.1, 0.15) is 5.56 Å². The summed E-state index contributed by atoms with van der Waals surface area (Å²) in [6.45, 7) is 3.92. The number of likely N-dealkylation sites (N-methyl/N-ethyl adjacent to an activating group) is 1. The monoisotopic (exact) mass is 297 g/mol. The molecule has 1 heterocycles. The molecule has 1 aliphatic heterocycles. The van der Waals surface area contributed by atoms with Gasteiger partial charge in [0.15, 0.2) is 0 Å². The lowest BCUT2D eigenvalue weighted by molar-refractivity contribution is 0.159. The molecule has 2 rings (SSSR count). The van der Waals surface area contributed by atoms with E-state index in [1.54, 1.807) is 12.3 Å². The molecule has 0 amide bonds. The predicted octanol–water partition coefficient (Wildman–Crippen LogP) is 1.74. The summed E-state index contributed by atoms with van der Waals surface area (Å²) in [6, 6.07) is 5.33. The first-order valence-electron chi connectivity index (χ1n) is 5.61. The summed E-state index contributed by atoms with van der Waals surface area (Å²) in [6.07, 6.45) is 1.71. The van der Waals surface area contributed by atoms with Crippen molar-refractivity contribution >= 4 is 22.1 Å². The molecule has 0 aliphatic carbocycles. The number of benzene rings is 1. The molecule has 1 fully saturated rings. The summed E-state index contributed by atoms with van der Waals surface area (Å²) < 4.78 is 0.940. The number of halogens is 1. The van der Waals surface area contributed by atoms with Gasteiger partial charge in [0.05, 0.1) is 6.21 Å². The molecule has 0 spiro atoms. The molecule has 1 saturated heterocycles. The minimum absolute atomic E-state index is 0.256. The zero-order valence-corrected chi connectivity index (χ0v) is 11.4. The summed E-state index contributed by atoms with van der Waals surface area (Å²) in [4.78, 5) is 2.28. The van der Waals surface area contributed by atoms with E-state index >= 15 is 0 Å². The number of piperazine rings is 1. The van der Waals surface area contributed by atoms with E-state index in [9.17, 15) is 5.11 Å². The van der Waals surface area contributed by atoms with Gasteiger partial charge in [-0.1, -0.05) is 15.9 Å². The van der Waals surface area contributed by atoms with Gasteiger partial charge in [0.2, 0.25) is 0 Å². The van der Waals surface area contributed by atoms with E-state index in [4.69, 9.17) is 0 Å². The van der Waals surface area contributed by atoms with Gasteiger partial charge in [0.25, 0.3) is 0 Å². The van der Waals surface area contributed by atoms with Crippen molar-refractivity contribution < 1.29 is 5.11 Å². The number of phenols is 1. The van der Waals surface area contributed by atoms with Crippen LogP contribution in [0.15, 0.2) is 27.8 Å². The molecule has 1 N–H and O–H groups in total. The van der Waals surface area contributed by atoms with Crippen LogP contribution < -0.4 is 0 Å². The van der Waals surface area contributed by atoms with E-state index in [1.807, 2.05) is 17.1 Å². The number of hydrogen-bond donors (Lipinski definition) is 1. The van der Waals surface area contributed by atoms with E-state index in [-0.39, 0.29) is 5.75 Å². The van der Waals surface area contributed by atoms with Gasteiger partial charge >= 0.3 is 0 Å². The number of hydrazone groups is 1. The maximum absolute atomic E-state index is 9.67. The Morgan fingerprint density at radius 2 is 2.00 bits per heavy atom. The van der Waals surface area contributed by atoms with E-state index < -0.39 is 0 Å². The molecule has 0 radical (unpaired) electrons. The van der Waals surface area contributed by atoms with Gasteiger partial charge in [0.1, 0.15) is 5.75 Å². The third-order valence-corrected chi connectivity index (χ3v) is 3.32. The van der Waals surface area contributed by atoms with Crippen molar-refractivity contribution in [2.75, 3.05) is 33.2 Å². The largest absolute Gasteiger partial charge is 0.507 e. The minimum atomic E-state index is 0.256. The average molecular weight is 298 g/mol. The molecule has 1 aliphatic rings. The molecule has 0 atom stereocenters. The van der Waals surface area contributed by atoms with E-state index in [2.05, 4.69) is 33.0 Å². The first kappa shape index (κ1) is 12.4. The first-order valence-corrected chi connectivity index (χ1v) is 6.40. The number of aromatic hydroxyl groups is 1. The summed E-state index contributed by atoms with van der Waals surface area (Å²) in [5.74, 6) is 0.256. The molecule has 5 heteroatoms. The van der Waals surface area contributed by atoms with Gasteiger partial charge in [-0.25, -0.2) is 0 Å². The predicted molar refractivity (Wildman–Crippen MR) is 72.5 cm³/mol. The highest BCUT2D eigenvalue weighted by Gasteiger charge is 2.11. The summed E-state index contributed by atoms with van der Waals surface area (Å²) >= 11 is 3.38. The van der Waals surface area contributed by atoms with Crippen molar-refractivity contribution in [2.24, 2.45) is 5.10 Å². The highest BCUT2D eigenvalue weighted by molar-refractivity contribution is 9.10. The van der Waals surface area contributed by atoms with Gasteiger partial charge in [0, 0.05) is 36.2 Å². The molecule has 92 valence electrons. The summed E-state index contributed by atoms with van der Waals surface area (Å²) in [5, 5.41) is 16.1. The molecular weight excluding hydrogens is 282 g/mol. The first-order chi connectivity index (χ1) is 8.15. The molecular formula is C12H16BrN3O. The Balaban J connectivity index is 2.02. The fourth-order valence-electron chi connectivity index (χ4n) is 1.68. The third-order valence-electron chi connectivity index (χ3n) is 2.83. The second kappa shape index (κ2) is 5.51. The molecule has 0 bridgehead atoms. The maximum Gasteiger partial charge on any atom is 0.124 e. The molecule has 0 aromatic heterocycles. The van der Waals surface area contributed by atoms with Crippen LogP contribution >= 0.6 is 15.9 Å². The Hall–Kier alpha value is -1.07. The fraction of sp³-hybridized carbons (Fsp3) is 0.417. The van der Waals surface area contributed by atoms with Crippen LogP contribution in [-0.2, 0) is 0 Å².